The first-order valence-corrected chi connectivity index (χ1v) is 9.33. The van der Waals surface area contributed by atoms with Gasteiger partial charge in [0.2, 0.25) is 5.95 Å². The second-order valence-corrected chi connectivity index (χ2v) is 6.85. The molecule has 1 aliphatic rings. The van der Waals surface area contributed by atoms with Crippen LogP contribution in [0.1, 0.15) is 41.5 Å². The van der Waals surface area contributed by atoms with Crippen molar-refractivity contribution in [2.45, 2.75) is 39.5 Å². The van der Waals surface area contributed by atoms with Gasteiger partial charge in [-0.3, -0.25) is 19.7 Å². The van der Waals surface area contributed by atoms with Crippen molar-refractivity contribution in [2.75, 3.05) is 11.9 Å². The minimum Gasteiger partial charge on any atom is -0.349 e. The third kappa shape index (κ3) is 3.64. The van der Waals surface area contributed by atoms with E-state index in [1.807, 2.05) is 31.2 Å². The van der Waals surface area contributed by atoms with Gasteiger partial charge in [-0.2, -0.15) is 0 Å². The lowest BCUT2D eigenvalue weighted by Crippen LogP contribution is -2.35. The summed E-state index contributed by atoms with van der Waals surface area (Å²) < 4.78 is 4.00. The van der Waals surface area contributed by atoms with E-state index in [0.717, 1.165) is 26.2 Å². The molecule has 0 aliphatic carbocycles. The van der Waals surface area contributed by atoms with Crippen LogP contribution >= 0.6 is 0 Å². The monoisotopic (exact) mass is 364 g/mol. The number of fused-ring (bicyclic) bond motifs is 1. The SMILES string of the molecule is CCn1cnc(NC(=O)c2ccc(CN3CCn4cccc4[C@@H]3C)cc2)n1. The third-order valence-corrected chi connectivity index (χ3v) is 5.16. The van der Waals surface area contributed by atoms with Crippen LogP contribution in [0.4, 0.5) is 5.95 Å². The summed E-state index contributed by atoms with van der Waals surface area (Å²) in [7, 11) is 0. The maximum absolute atomic E-state index is 12.4. The lowest BCUT2D eigenvalue weighted by Gasteiger charge is -2.34. The van der Waals surface area contributed by atoms with Crippen LogP contribution < -0.4 is 5.32 Å². The Labute approximate surface area is 158 Å². The minimum atomic E-state index is -0.195. The zero-order valence-corrected chi connectivity index (χ0v) is 15.7. The first-order chi connectivity index (χ1) is 13.1. The molecule has 0 spiro atoms. The number of nitrogens with one attached hydrogen (secondary N) is 1. The summed E-state index contributed by atoms with van der Waals surface area (Å²) in [4.78, 5) is 18.9. The number of carbonyl (C=O) groups excluding carboxylic acids is 1. The van der Waals surface area contributed by atoms with E-state index in [1.54, 1.807) is 11.0 Å². The van der Waals surface area contributed by atoms with Gasteiger partial charge in [-0.1, -0.05) is 12.1 Å². The summed E-state index contributed by atoms with van der Waals surface area (Å²) in [5.41, 5.74) is 3.16. The number of aromatic nitrogens is 4. The lowest BCUT2D eigenvalue weighted by atomic mass is 10.1. The normalized spacial score (nSPS) is 16.9. The number of hydrogen-bond acceptors (Lipinski definition) is 4. The molecule has 3 heterocycles. The van der Waals surface area contributed by atoms with Gasteiger partial charge in [0.05, 0.1) is 0 Å². The van der Waals surface area contributed by atoms with Crippen LogP contribution in [0.5, 0.6) is 0 Å². The van der Waals surface area contributed by atoms with Gasteiger partial charge in [-0.15, -0.1) is 5.10 Å². The Bertz CT molecular complexity index is 926. The van der Waals surface area contributed by atoms with Crippen molar-refractivity contribution in [3.8, 4) is 0 Å². The zero-order chi connectivity index (χ0) is 18.8. The number of amides is 1. The Kier molecular flexibility index (Phi) is 4.77. The molecule has 1 N–H and O–H groups in total. The van der Waals surface area contributed by atoms with Crippen LogP contribution in [0.2, 0.25) is 0 Å². The van der Waals surface area contributed by atoms with E-state index in [1.165, 1.54) is 11.3 Å². The molecule has 0 saturated carbocycles. The number of rotatable bonds is 5. The molecule has 4 rings (SSSR count). The van der Waals surface area contributed by atoms with Crippen molar-refractivity contribution in [1.29, 1.82) is 0 Å². The van der Waals surface area contributed by atoms with Crippen LogP contribution in [0.3, 0.4) is 0 Å². The van der Waals surface area contributed by atoms with Gasteiger partial charge in [0.1, 0.15) is 6.33 Å². The molecule has 1 aliphatic heterocycles. The van der Waals surface area contributed by atoms with E-state index in [2.05, 4.69) is 50.1 Å². The summed E-state index contributed by atoms with van der Waals surface area (Å²) in [6.07, 6.45) is 3.75. The predicted octanol–water partition coefficient (Wildman–Crippen LogP) is 2.93. The number of anilines is 1. The molecule has 1 aromatic carbocycles. The smallest absolute Gasteiger partial charge is 0.258 e. The van der Waals surface area contributed by atoms with Gasteiger partial charge in [-0.05, 0) is 43.7 Å². The first-order valence-electron chi connectivity index (χ1n) is 9.33. The minimum absolute atomic E-state index is 0.195. The van der Waals surface area contributed by atoms with Gasteiger partial charge >= 0.3 is 0 Å². The molecule has 0 radical (unpaired) electrons. The van der Waals surface area contributed by atoms with E-state index < -0.39 is 0 Å². The van der Waals surface area contributed by atoms with Gasteiger partial charge in [0, 0.05) is 49.7 Å². The van der Waals surface area contributed by atoms with Crippen LogP contribution in [-0.2, 0) is 19.6 Å². The van der Waals surface area contributed by atoms with Gasteiger partial charge < -0.3 is 4.57 Å². The third-order valence-electron chi connectivity index (χ3n) is 5.16. The molecule has 140 valence electrons. The van der Waals surface area contributed by atoms with E-state index in [9.17, 15) is 4.79 Å². The Balaban J connectivity index is 1.39. The maximum Gasteiger partial charge on any atom is 0.258 e. The van der Waals surface area contributed by atoms with E-state index in [-0.39, 0.29) is 5.91 Å². The number of hydrogen-bond donors (Lipinski definition) is 1. The molecular weight excluding hydrogens is 340 g/mol. The molecule has 0 unspecified atom stereocenters. The highest BCUT2D eigenvalue weighted by Crippen LogP contribution is 2.26. The van der Waals surface area contributed by atoms with Crippen molar-refractivity contribution in [3.63, 3.8) is 0 Å². The van der Waals surface area contributed by atoms with Crippen molar-refractivity contribution in [1.82, 2.24) is 24.2 Å². The van der Waals surface area contributed by atoms with Crippen molar-refractivity contribution >= 4 is 11.9 Å². The molecule has 1 amide bonds. The summed E-state index contributed by atoms with van der Waals surface area (Å²) in [6, 6.07) is 12.5. The topological polar surface area (TPSA) is 68.0 Å². The van der Waals surface area contributed by atoms with Crippen LogP contribution in [0.25, 0.3) is 0 Å². The number of aryl methyl sites for hydroxylation is 1. The van der Waals surface area contributed by atoms with Crippen LogP contribution in [0.15, 0.2) is 48.9 Å². The largest absolute Gasteiger partial charge is 0.349 e. The molecule has 0 saturated heterocycles. The number of benzene rings is 1. The van der Waals surface area contributed by atoms with Gasteiger partial charge in [0.15, 0.2) is 0 Å². The molecule has 1 atom stereocenters. The summed E-state index contributed by atoms with van der Waals surface area (Å²) in [6.45, 7) is 7.85. The quantitative estimate of drug-likeness (QED) is 0.756. The zero-order valence-electron chi connectivity index (χ0n) is 15.7. The maximum atomic E-state index is 12.4. The Morgan fingerprint density at radius 3 is 2.78 bits per heavy atom. The second-order valence-electron chi connectivity index (χ2n) is 6.85. The van der Waals surface area contributed by atoms with E-state index >= 15 is 0 Å². The second kappa shape index (κ2) is 7.36. The van der Waals surface area contributed by atoms with Crippen LogP contribution in [0, 0.1) is 0 Å². The molecule has 27 heavy (non-hydrogen) atoms. The molecular formula is C20H24N6O. The summed E-state index contributed by atoms with van der Waals surface area (Å²) >= 11 is 0. The highest BCUT2D eigenvalue weighted by Gasteiger charge is 2.23. The average molecular weight is 364 g/mol. The molecule has 7 heteroatoms. The number of carbonyl (C=O) groups is 1. The first kappa shape index (κ1) is 17.5. The molecule has 0 fully saturated rings. The molecule has 7 nitrogen and oxygen atoms in total. The fraction of sp³-hybridized carbons (Fsp3) is 0.350. The molecule has 0 bridgehead atoms. The number of nitrogens with zero attached hydrogens (tertiary/aromatic N) is 5. The highest BCUT2D eigenvalue weighted by atomic mass is 16.1. The van der Waals surface area contributed by atoms with E-state index in [0.29, 0.717) is 17.6 Å². The summed E-state index contributed by atoms with van der Waals surface area (Å²) in [5.74, 6) is 0.135. The average Bonchev–Trinajstić information content (AvgIpc) is 3.34. The van der Waals surface area contributed by atoms with Gasteiger partial charge in [0.25, 0.3) is 5.91 Å². The molecule has 2 aromatic heterocycles. The highest BCUT2D eigenvalue weighted by molar-refractivity contribution is 6.03. The Hall–Kier alpha value is -2.93. The predicted molar refractivity (Wildman–Crippen MR) is 103 cm³/mol. The van der Waals surface area contributed by atoms with Crippen molar-refractivity contribution in [3.05, 3.63) is 65.7 Å². The standard InChI is InChI=1S/C20H24N6O/c1-3-26-14-21-20(23-26)22-19(27)17-8-6-16(7-9-17)13-25-12-11-24-10-4-5-18(24)15(25)2/h4-10,14-15H,3,11-13H2,1-2H3,(H,22,23,27)/t15-/m0/s1. The van der Waals surface area contributed by atoms with Crippen LogP contribution in [-0.4, -0.2) is 36.7 Å². The summed E-state index contributed by atoms with van der Waals surface area (Å²) in [5, 5.41) is 6.91. The van der Waals surface area contributed by atoms with Gasteiger partial charge in [-0.25, -0.2) is 4.98 Å². The van der Waals surface area contributed by atoms with E-state index in [4.69, 9.17) is 0 Å². The van der Waals surface area contributed by atoms with Crippen molar-refractivity contribution in [2.24, 2.45) is 0 Å². The molecule has 3 aromatic rings. The fourth-order valence-corrected chi connectivity index (χ4v) is 3.52. The van der Waals surface area contributed by atoms with Crippen molar-refractivity contribution < 1.29 is 4.79 Å². The lowest BCUT2D eigenvalue weighted by molar-refractivity contribution is 0.102. The Morgan fingerprint density at radius 2 is 2.04 bits per heavy atom. The Morgan fingerprint density at radius 1 is 1.22 bits per heavy atom. The fourth-order valence-electron chi connectivity index (χ4n) is 3.52.